The predicted octanol–water partition coefficient (Wildman–Crippen LogP) is 4.65. The molecule has 0 saturated carbocycles. The summed E-state index contributed by atoms with van der Waals surface area (Å²) in [6, 6.07) is 5.69. The molecule has 21 heavy (non-hydrogen) atoms. The van der Waals surface area contributed by atoms with E-state index >= 15 is 0 Å². The maximum absolute atomic E-state index is 10.9. The number of benzene rings is 2. The zero-order valence-corrected chi connectivity index (χ0v) is 10.3. The number of aromatic hydroxyl groups is 1. The first kappa shape index (κ1) is 14.1. The van der Waals surface area contributed by atoms with Gasteiger partial charge in [0.25, 0.3) is 0 Å². The Kier molecular flexibility index (Phi) is 3.84. The summed E-state index contributed by atoms with van der Waals surface area (Å²) in [5.74, 6) is -0.457. The van der Waals surface area contributed by atoms with Crippen molar-refractivity contribution in [2.75, 3.05) is 0 Å². The highest BCUT2D eigenvalue weighted by atomic mass is 16.3. The Morgan fingerprint density at radius 3 is 1.67 bits per heavy atom. The van der Waals surface area contributed by atoms with Gasteiger partial charge in [-0.2, -0.15) is 0 Å². The van der Waals surface area contributed by atoms with Crippen molar-refractivity contribution in [2.45, 2.75) is 0 Å². The lowest BCUT2D eigenvalue weighted by molar-refractivity contribution is 0.477. The molecule has 0 unspecified atom stereocenters. The third kappa shape index (κ3) is 2.66. The van der Waals surface area contributed by atoms with Crippen LogP contribution in [0.2, 0.25) is 0 Å². The van der Waals surface area contributed by atoms with E-state index in [1.807, 2.05) is 0 Å². The monoisotopic (exact) mass is 286 g/mol. The second-order valence-electron chi connectivity index (χ2n) is 3.96. The number of hydrogen-bond donors (Lipinski definition) is 1. The molecule has 0 aromatic heterocycles. The van der Waals surface area contributed by atoms with Crippen molar-refractivity contribution in [1.82, 2.24) is 0 Å². The molecule has 0 saturated heterocycles. The van der Waals surface area contributed by atoms with Crippen molar-refractivity contribution in [3.05, 3.63) is 50.0 Å². The molecule has 0 aliphatic rings. The summed E-state index contributed by atoms with van der Waals surface area (Å²) in [7, 11) is 0. The Morgan fingerprint density at radius 2 is 1.19 bits per heavy atom. The molecule has 0 amide bonds. The maximum atomic E-state index is 10.9. The second kappa shape index (κ2) is 5.74. The SMILES string of the molecule is O=Nc1cc(N=O)cc(-c2c(O)cc(N=O)cc2N=O)c1. The number of nitroso groups, excluding NO2 is 4. The molecule has 0 fully saturated rings. The minimum Gasteiger partial charge on any atom is -0.507 e. The van der Waals surface area contributed by atoms with Crippen molar-refractivity contribution in [2.24, 2.45) is 20.7 Å². The molecule has 0 aliphatic heterocycles. The largest absolute Gasteiger partial charge is 0.507 e. The zero-order valence-electron chi connectivity index (χ0n) is 10.3. The summed E-state index contributed by atoms with van der Waals surface area (Å²) in [6.45, 7) is 0. The lowest BCUT2D eigenvalue weighted by Gasteiger charge is -2.08. The van der Waals surface area contributed by atoms with Crippen LogP contribution in [0.5, 0.6) is 5.75 Å². The summed E-state index contributed by atoms with van der Waals surface area (Å²) in [5.41, 5.74) is -0.625. The van der Waals surface area contributed by atoms with Gasteiger partial charge in [-0.25, -0.2) is 0 Å². The van der Waals surface area contributed by atoms with Crippen LogP contribution in [-0.2, 0) is 0 Å². The average molecular weight is 286 g/mol. The van der Waals surface area contributed by atoms with Crippen LogP contribution < -0.4 is 0 Å². The van der Waals surface area contributed by atoms with Crippen LogP contribution in [0.25, 0.3) is 11.1 Å². The smallest absolute Gasteiger partial charge is 0.127 e. The van der Waals surface area contributed by atoms with Crippen molar-refractivity contribution in [1.29, 1.82) is 0 Å². The van der Waals surface area contributed by atoms with Crippen LogP contribution in [0.4, 0.5) is 22.7 Å². The van der Waals surface area contributed by atoms with Gasteiger partial charge in [-0.15, -0.1) is 19.6 Å². The first-order chi connectivity index (χ1) is 10.1. The van der Waals surface area contributed by atoms with Gasteiger partial charge in [0.2, 0.25) is 0 Å². The lowest BCUT2D eigenvalue weighted by Crippen LogP contribution is -1.82. The van der Waals surface area contributed by atoms with Crippen molar-refractivity contribution in [3.8, 4) is 16.9 Å². The number of phenols is 1. The normalized spacial score (nSPS) is 9.90. The molecule has 104 valence electrons. The van der Waals surface area contributed by atoms with E-state index in [9.17, 15) is 24.7 Å². The van der Waals surface area contributed by atoms with Gasteiger partial charge in [0, 0.05) is 6.07 Å². The predicted molar refractivity (Wildman–Crippen MR) is 75.4 cm³/mol. The zero-order chi connectivity index (χ0) is 15.4. The fourth-order valence-corrected chi connectivity index (χ4v) is 1.86. The first-order valence-electron chi connectivity index (χ1n) is 5.49. The highest BCUT2D eigenvalue weighted by molar-refractivity contribution is 5.86. The van der Waals surface area contributed by atoms with Gasteiger partial charge in [0.15, 0.2) is 0 Å². The quantitative estimate of drug-likeness (QED) is 0.797. The first-order valence-corrected chi connectivity index (χ1v) is 5.49. The van der Waals surface area contributed by atoms with Gasteiger partial charge in [-0.3, -0.25) is 0 Å². The highest BCUT2D eigenvalue weighted by Crippen LogP contribution is 2.43. The number of hydrogen-bond acceptors (Lipinski definition) is 9. The fourth-order valence-electron chi connectivity index (χ4n) is 1.86. The Balaban J connectivity index is 2.76. The number of rotatable bonds is 5. The van der Waals surface area contributed by atoms with Crippen LogP contribution in [0.1, 0.15) is 0 Å². The Hall–Kier alpha value is -3.36. The molecule has 1 N–H and O–H groups in total. The number of phenolic OH excluding ortho intramolecular Hbond substituents is 1. The van der Waals surface area contributed by atoms with E-state index in [-0.39, 0.29) is 33.9 Å². The molecule has 0 aliphatic carbocycles. The summed E-state index contributed by atoms with van der Waals surface area (Å²) in [6.07, 6.45) is 0. The summed E-state index contributed by atoms with van der Waals surface area (Å²) >= 11 is 0. The van der Waals surface area contributed by atoms with Crippen molar-refractivity contribution in [3.63, 3.8) is 0 Å². The third-order valence-corrected chi connectivity index (χ3v) is 2.69. The fraction of sp³-hybridized carbons (Fsp3) is 0. The van der Waals surface area contributed by atoms with Crippen LogP contribution in [0.3, 0.4) is 0 Å². The Labute approximate surface area is 116 Å². The lowest BCUT2D eigenvalue weighted by atomic mass is 10.0. The minimum absolute atomic E-state index is 0.0622. The molecular formula is C12H6N4O5. The van der Waals surface area contributed by atoms with Gasteiger partial charge in [0.05, 0.1) is 5.56 Å². The second-order valence-corrected chi connectivity index (χ2v) is 3.96. The van der Waals surface area contributed by atoms with E-state index in [1.165, 1.54) is 12.1 Å². The van der Waals surface area contributed by atoms with E-state index in [2.05, 4.69) is 20.7 Å². The van der Waals surface area contributed by atoms with E-state index in [0.717, 1.165) is 18.2 Å². The third-order valence-electron chi connectivity index (χ3n) is 2.69. The molecule has 2 aromatic rings. The number of nitrogens with zero attached hydrogens (tertiary/aromatic N) is 4. The van der Waals surface area contributed by atoms with Gasteiger partial charge < -0.3 is 5.11 Å². The van der Waals surface area contributed by atoms with Crippen LogP contribution in [-0.4, -0.2) is 5.11 Å². The summed E-state index contributed by atoms with van der Waals surface area (Å²) < 4.78 is 0. The van der Waals surface area contributed by atoms with Crippen LogP contribution >= 0.6 is 0 Å². The van der Waals surface area contributed by atoms with Gasteiger partial charge >= 0.3 is 0 Å². The van der Waals surface area contributed by atoms with Gasteiger partial charge in [-0.05, 0) is 50.5 Å². The van der Waals surface area contributed by atoms with E-state index in [4.69, 9.17) is 0 Å². The molecule has 2 rings (SSSR count). The molecule has 9 heteroatoms. The average Bonchev–Trinajstić information content (AvgIpc) is 2.53. The summed E-state index contributed by atoms with van der Waals surface area (Å²) in [4.78, 5) is 42.5. The molecule has 0 bridgehead atoms. The molecule has 9 nitrogen and oxygen atoms in total. The molecular weight excluding hydrogens is 280 g/mol. The minimum atomic E-state index is -0.457. The van der Waals surface area contributed by atoms with Crippen LogP contribution in [0.15, 0.2) is 51.0 Å². The molecule has 0 atom stereocenters. The van der Waals surface area contributed by atoms with E-state index in [1.54, 1.807) is 0 Å². The Morgan fingerprint density at radius 1 is 0.667 bits per heavy atom. The van der Waals surface area contributed by atoms with E-state index < -0.39 is 5.75 Å². The topological polar surface area (TPSA) is 138 Å². The van der Waals surface area contributed by atoms with Crippen molar-refractivity contribution < 1.29 is 5.11 Å². The van der Waals surface area contributed by atoms with Crippen molar-refractivity contribution >= 4 is 22.7 Å². The Bertz CT molecular complexity index is 733. The molecule has 0 heterocycles. The summed E-state index contributed by atoms with van der Waals surface area (Å²) in [5, 5.41) is 20.5. The van der Waals surface area contributed by atoms with E-state index in [0.29, 0.717) is 0 Å². The van der Waals surface area contributed by atoms with Crippen LogP contribution in [0, 0.1) is 19.6 Å². The molecule has 0 radical (unpaired) electrons. The van der Waals surface area contributed by atoms with Gasteiger partial charge in [-0.1, -0.05) is 0 Å². The van der Waals surface area contributed by atoms with Gasteiger partial charge in [0.1, 0.15) is 28.5 Å². The molecule has 2 aromatic carbocycles. The molecule has 0 spiro atoms. The highest BCUT2D eigenvalue weighted by Gasteiger charge is 2.16. The standard InChI is InChI=1S/C12H6N4O5/c17-11-5-9(15-20)4-10(16-21)12(11)6-1-7(13-18)3-8(2-6)14-19/h1-5,17H. The maximum Gasteiger partial charge on any atom is 0.127 e.